The number of amides is 1. The summed E-state index contributed by atoms with van der Waals surface area (Å²) in [5.41, 5.74) is 1.58. The molecule has 0 atom stereocenters. The summed E-state index contributed by atoms with van der Waals surface area (Å²) in [6.07, 6.45) is 4.18. The number of rotatable bonds is 5. The van der Waals surface area contributed by atoms with E-state index in [-0.39, 0.29) is 12.7 Å². The van der Waals surface area contributed by atoms with Gasteiger partial charge in [-0.15, -0.1) is 11.3 Å². The zero-order valence-corrected chi connectivity index (χ0v) is 16.5. The molecule has 1 amide bonds. The zero-order valence-electron chi connectivity index (χ0n) is 14.9. The standard InChI is InChI=1S/C21H17ClN2O3S/c22-15-3-1-2-13(8-15)9-16-11-23-20(28-16)24-19(25)21(6-7-21)14-4-5-17-18(10-14)27-12-26-17/h1-5,8,10-11H,6-7,9,12H2,(H,23,24,25). The molecule has 0 bridgehead atoms. The summed E-state index contributed by atoms with van der Waals surface area (Å²) < 4.78 is 10.8. The molecule has 1 fully saturated rings. The molecule has 5 rings (SSSR count). The summed E-state index contributed by atoms with van der Waals surface area (Å²) >= 11 is 7.54. The van der Waals surface area contributed by atoms with Gasteiger partial charge < -0.3 is 14.8 Å². The molecular weight excluding hydrogens is 396 g/mol. The van der Waals surface area contributed by atoms with E-state index in [9.17, 15) is 4.79 Å². The van der Waals surface area contributed by atoms with Crippen LogP contribution in [0.1, 0.15) is 28.8 Å². The highest BCUT2D eigenvalue weighted by Crippen LogP contribution is 2.51. The lowest BCUT2D eigenvalue weighted by molar-refractivity contribution is -0.118. The Labute approximate surface area is 171 Å². The average Bonchev–Trinajstić information content (AvgIpc) is 3.17. The van der Waals surface area contributed by atoms with Crippen LogP contribution in [-0.4, -0.2) is 17.7 Å². The number of nitrogens with one attached hydrogen (secondary N) is 1. The second-order valence-corrected chi connectivity index (χ2v) is 8.59. The number of halogens is 1. The predicted molar refractivity (Wildman–Crippen MR) is 108 cm³/mol. The van der Waals surface area contributed by atoms with Crippen LogP contribution < -0.4 is 14.8 Å². The quantitative estimate of drug-likeness (QED) is 0.654. The van der Waals surface area contributed by atoms with Gasteiger partial charge in [0.1, 0.15) is 0 Å². The van der Waals surface area contributed by atoms with Gasteiger partial charge in [0.05, 0.1) is 5.41 Å². The van der Waals surface area contributed by atoms with Crippen LogP contribution in [0.4, 0.5) is 5.13 Å². The number of anilines is 1. The number of thiazole rings is 1. The second-order valence-electron chi connectivity index (χ2n) is 7.04. The van der Waals surface area contributed by atoms with Crippen molar-refractivity contribution >= 4 is 34.0 Å². The number of nitrogens with zero attached hydrogens (tertiary/aromatic N) is 1. The third kappa shape index (κ3) is 3.23. The zero-order chi connectivity index (χ0) is 19.1. The number of ether oxygens (including phenoxy) is 2. The van der Waals surface area contributed by atoms with Crippen molar-refractivity contribution in [2.24, 2.45) is 0 Å². The molecule has 1 aliphatic heterocycles. The van der Waals surface area contributed by atoms with Gasteiger partial charge in [0.2, 0.25) is 12.7 Å². The first kappa shape index (κ1) is 17.5. The molecule has 1 saturated carbocycles. The minimum absolute atomic E-state index is 0.0185. The van der Waals surface area contributed by atoms with E-state index in [4.69, 9.17) is 21.1 Å². The van der Waals surface area contributed by atoms with E-state index in [0.29, 0.717) is 10.9 Å². The van der Waals surface area contributed by atoms with Crippen LogP contribution in [0.15, 0.2) is 48.7 Å². The Balaban J connectivity index is 1.30. The SMILES string of the molecule is O=C(Nc1ncc(Cc2cccc(Cl)c2)s1)C1(c2ccc3c(c2)OCO3)CC1. The lowest BCUT2D eigenvalue weighted by atomic mass is 9.94. The normalized spacial score (nSPS) is 16.0. The van der Waals surface area contributed by atoms with E-state index in [1.165, 1.54) is 11.3 Å². The molecule has 2 heterocycles. The molecule has 1 aliphatic carbocycles. The maximum atomic E-state index is 13.0. The Morgan fingerprint density at radius 3 is 2.86 bits per heavy atom. The van der Waals surface area contributed by atoms with Gasteiger partial charge in [0.15, 0.2) is 16.6 Å². The first-order valence-corrected chi connectivity index (χ1v) is 10.2. The number of fused-ring (bicyclic) bond motifs is 1. The molecule has 0 spiro atoms. The number of aromatic nitrogens is 1. The Morgan fingerprint density at radius 1 is 1.18 bits per heavy atom. The highest BCUT2D eigenvalue weighted by molar-refractivity contribution is 7.15. The number of benzene rings is 2. The summed E-state index contributed by atoms with van der Waals surface area (Å²) in [6, 6.07) is 13.5. The van der Waals surface area contributed by atoms with Crippen molar-refractivity contribution < 1.29 is 14.3 Å². The smallest absolute Gasteiger partial charge is 0.236 e. The fourth-order valence-electron chi connectivity index (χ4n) is 3.48. The van der Waals surface area contributed by atoms with Crippen LogP contribution in [0.3, 0.4) is 0 Å². The van der Waals surface area contributed by atoms with E-state index in [2.05, 4.69) is 10.3 Å². The third-order valence-corrected chi connectivity index (χ3v) is 6.30. The molecule has 0 saturated heterocycles. The van der Waals surface area contributed by atoms with Gasteiger partial charge in [-0.05, 0) is 48.2 Å². The minimum Gasteiger partial charge on any atom is -0.454 e. The number of hydrogen-bond acceptors (Lipinski definition) is 5. The van der Waals surface area contributed by atoms with Crippen LogP contribution in [0, 0.1) is 0 Å². The molecule has 0 radical (unpaired) electrons. The van der Waals surface area contributed by atoms with Crippen molar-refractivity contribution in [1.82, 2.24) is 4.98 Å². The Kier molecular flexibility index (Phi) is 4.25. The van der Waals surface area contributed by atoms with E-state index in [0.717, 1.165) is 46.0 Å². The van der Waals surface area contributed by atoms with E-state index in [1.54, 1.807) is 6.20 Å². The Bertz CT molecular complexity index is 1060. The topological polar surface area (TPSA) is 60.5 Å². The molecule has 142 valence electrons. The summed E-state index contributed by atoms with van der Waals surface area (Å²) in [5, 5.41) is 4.34. The molecule has 5 nitrogen and oxygen atoms in total. The molecule has 3 aromatic rings. The monoisotopic (exact) mass is 412 g/mol. The Hall–Kier alpha value is -2.57. The molecular formula is C21H17ClN2O3S. The third-order valence-electron chi connectivity index (χ3n) is 5.15. The lowest BCUT2D eigenvalue weighted by Gasteiger charge is -2.15. The fourth-order valence-corrected chi connectivity index (χ4v) is 4.53. The minimum atomic E-state index is -0.500. The van der Waals surface area contributed by atoms with Gasteiger partial charge in [-0.25, -0.2) is 4.98 Å². The summed E-state index contributed by atoms with van der Waals surface area (Å²) in [5.74, 6) is 1.41. The molecule has 1 aromatic heterocycles. The molecule has 0 unspecified atom stereocenters. The van der Waals surface area contributed by atoms with Crippen molar-refractivity contribution in [3.63, 3.8) is 0 Å². The second kappa shape index (κ2) is 6.79. The Morgan fingerprint density at radius 2 is 2.04 bits per heavy atom. The first-order valence-electron chi connectivity index (χ1n) is 9.03. The highest BCUT2D eigenvalue weighted by Gasteiger charge is 2.52. The largest absolute Gasteiger partial charge is 0.454 e. The lowest BCUT2D eigenvalue weighted by Crippen LogP contribution is -2.27. The van der Waals surface area contributed by atoms with E-state index < -0.39 is 5.41 Å². The van der Waals surface area contributed by atoms with Crippen molar-refractivity contribution in [2.45, 2.75) is 24.7 Å². The van der Waals surface area contributed by atoms with Crippen LogP contribution in [-0.2, 0) is 16.6 Å². The van der Waals surface area contributed by atoms with Gasteiger partial charge in [-0.2, -0.15) is 0 Å². The molecule has 2 aromatic carbocycles. The molecule has 1 N–H and O–H groups in total. The summed E-state index contributed by atoms with van der Waals surface area (Å²) in [4.78, 5) is 18.4. The van der Waals surface area contributed by atoms with E-state index in [1.807, 2.05) is 42.5 Å². The molecule has 28 heavy (non-hydrogen) atoms. The van der Waals surface area contributed by atoms with Crippen LogP contribution in [0.5, 0.6) is 11.5 Å². The highest BCUT2D eigenvalue weighted by atomic mass is 35.5. The number of carbonyl (C=O) groups is 1. The summed E-state index contributed by atoms with van der Waals surface area (Å²) in [6.45, 7) is 0.229. The van der Waals surface area contributed by atoms with Crippen LogP contribution in [0.25, 0.3) is 0 Å². The van der Waals surface area contributed by atoms with Crippen molar-refractivity contribution in [2.75, 3.05) is 12.1 Å². The average molecular weight is 413 g/mol. The number of carbonyl (C=O) groups excluding carboxylic acids is 1. The van der Waals surface area contributed by atoms with Crippen molar-refractivity contribution in [3.05, 3.63) is 69.7 Å². The molecule has 7 heteroatoms. The predicted octanol–water partition coefficient (Wildman–Crippen LogP) is 4.79. The van der Waals surface area contributed by atoms with Gasteiger partial charge in [0, 0.05) is 22.5 Å². The number of hydrogen-bond donors (Lipinski definition) is 1. The maximum Gasteiger partial charge on any atom is 0.236 e. The van der Waals surface area contributed by atoms with Gasteiger partial charge >= 0.3 is 0 Å². The van der Waals surface area contributed by atoms with Crippen LogP contribution >= 0.6 is 22.9 Å². The van der Waals surface area contributed by atoms with E-state index >= 15 is 0 Å². The fraction of sp³-hybridized carbons (Fsp3) is 0.238. The van der Waals surface area contributed by atoms with Crippen molar-refractivity contribution in [1.29, 1.82) is 0 Å². The van der Waals surface area contributed by atoms with Gasteiger partial charge in [-0.3, -0.25) is 4.79 Å². The summed E-state index contributed by atoms with van der Waals surface area (Å²) in [7, 11) is 0. The van der Waals surface area contributed by atoms with Crippen molar-refractivity contribution in [3.8, 4) is 11.5 Å². The van der Waals surface area contributed by atoms with Gasteiger partial charge in [0.25, 0.3) is 0 Å². The maximum absolute atomic E-state index is 13.0. The first-order chi connectivity index (χ1) is 13.6. The molecule has 2 aliphatic rings. The van der Waals surface area contributed by atoms with Crippen LogP contribution in [0.2, 0.25) is 5.02 Å². The van der Waals surface area contributed by atoms with Gasteiger partial charge in [-0.1, -0.05) is 29.8 Å².